The molecule has 0 saturated carbocycles. The topological polar surface area (TPSA) is 53.3 Å². The number of hydrogen-bond acceptors (Lipinski definition) is 3. The van der Waals surface area contributed by atoms with Crippen LogP contribution in [0.4, 0.5) is 0 Å². The van der Waals surface area contributed by atoms with Crippen molar-refractivity contribution in [1.29, 1.82) is 0 Å². The Morgan fingerprint density at radius 3 is 2.79 bits per heavy atom. The maximum Gasteiger partial charge on any atom is 0.180 e. The summed E-state index contributed by atoms with van der Waals surface area (Å²) in [7, 11) is 0. The Bertz CT molecular complexity index is 409. The summed E-state index contributed by atoms with van der Waals surface area (Å²) in [5, 5.41) is 3.79. The van der Waals surface area contributed by atoms with Gasteiger partial charge in [-0.2, -0.15) is 0 Å². The van der Waals surface area contributed by atoms with E-state index in [0.29, 0.717) is 17.2 Å². The third-order valence-corrected chi connectivity index (χ3v) is 3.94. The first-order valence-electron chi connectivity index (χ1n) is 6.74. The molecule has 0 aromatic heterocycles. The number of likely N-dealkylation sites (tertiary alicyclic amines) is 1. The van der Waals surface area contributed by atoms with Gasteiger partial charge in [0.05, 0.1) is 0 Å². The van der Waals surface area contributed by atoms with Crippen molar-refractivity contribution in [2.75, 3.05) is 6.54 Å². The Balaban J connectivity index is 1.85. The second-order valence-electron chi connectivity index (χ2n) is 5.14. The summed E-state index contributed by atoms with van der Waals surface area (Å²) in [6.45, 7) is 4.38. The maximum absolute atomic E-state index is 5.29. The molecule has 1 aromatic carbocycles. The first kappa shape index (κ1) is 14.2. The molecule has 5 heteroatoms. The number of rotatable bonds is 3. The lowest BCUT2D eigenvalue weighted by atomic mass is 9.97. The summed E-state index contributed by atoms with van der Waals surface area (Å²) in [6, 6.07) is 11.6. The molecule has 4 N–H and O–H groups in total. The molecule has 1 aliphatic heterocycles. The molecule has 1 aromatic rings. The van der Waals surface area contributed by atoms with Crippen LogP contribution in [0, 0.1) is 0 Å². The molecule has 2 atom stereocenters. The molecule has 104 valence electrons. The predicted octanol–water partition coefficient (Wildman–Crippen LogP) is 1.38. The SMILES string of the molecule is CC1CC(NC(=S)NN)CCN1Cc1ccccc1. The van der Waals surface area contributed by atoms with Crippen LogP contribution in [0.5, 0.6) is 0 Å². The van der Waals surface area contributed by atoms with Crippen LogP contribution in [0.3, 0.4) is 0 Å². The van der Waals surface area contributed by atoms with E-state index in [1.807, 2.05) is 0 Å². The lowest BCUT2D eigenvalue weighted by Gasteiger charge is -2.38. The summed E-state index contributed by atoms with van der Waals surface area (Å²) in [5.74, 6) is 5.29. The van der Waals surface area contributed by atoms with Gasteiger partial charge in [0.1, 0.15) is 0 Å². The minimum absolute atomic E-state index is 0.422. The molecular formula is C14H22N4S. The van der Waals surface area contributed by atoms with Gasteiger partial charge in [0.2, 0.25) is 0 Å². The van der Waals surface area contributed by atoms with Gasteiger partial charge >= 0.3 is 0 Å². The molecule has 1 aliphatic rings. The van der Waals surface area contributed by atoms with Crippen LogP contribution in [0.15, 0.2) is 30.3 Å². The Hall–Kier alpha value is -1.17. The van der Waals surface area contributed by atoms with Gasteiger partial charge in [-0.05, 0) is 37.5 Å². The third-order valence-electron chi connectivity index (χ3n) is 3.71. The normalized spacial score (nSPS) is 23.9. The molecule has 1 saturated heterocycles. The van der Waals surface area contributed by atoms with Gasteiger partial charge in [-0.3, -0.25) is 4.90 Å². The van der Waals surface area contributed by atoms with Crippen LogP contribution < -0.4 is 16.6 Å². The molecule has 1 heterocycles. The molecular weight excluding hydrogens is 256 g/mol. The fourth-order valence-corrected chi connectivity index (χ4v) is 2.80. The number of thiocarbonyl (C=S) groups is 1. The molecule has 4 nitrogen and oxygen atoms in total. The van der Waals surface area contributed by atoms with Gasteiger partial charge < -0.3 is 10.7 Å². The number of piperidine rings is 1. The second kappa shape index (κ2) is 6.84. The van der Waals surface area contributed by atoms with E-state index < -0.39 is 0 Å². The number of nitrogens with one attached hydrogen (secondary N) is 2. The van der Waals surface area contributed by atoms with Crippen molar-refractivity contribution in [3.8, 4) is 0 Å². The average Bonchev–Trinajstić information content (AvgIpc) is 2.43. The zero-order chi connectivity index (χ0) is 13.7. The second-order valence-corrected chi connectivity index (χ2v) is 5.55. The number of benzene rings is 1. The highest BCUT2D eigenvalue weighted by molar-refractivity contribution is 7.80. The van der Waals surface area contributed by atoms with Crippen LogP contribution in [0.25, 0.3) is 0 Å². The summed E-state index contributed by atoms with van der Waals surface area (Å²) in [6.07, 6.45) is 2.19. The molecule has 0 radical (unpaired) electrons. The Morgan fingerprint density at radius 1 is 1.42 bits per heavy atom. The lowest BCUT2D eigenvalue weighted by molar-refractivity contribution is 0.134. The quantitative estimate of drug-likeness (QED) is 0.443. The summed E-state index contributed by atoms with van der Waals surface area (Å²) >= 11 is 5.05. The Labute approximate surface area is 120 Å². The van der Waals surface area contributed by atoms with Crippen molar-refractivity contribution in [3.63, 3.8) is 0 Å². The van der Waals surface area contributed by atoms with Gasteiger partial charge in [-0.25, -0.2) is 5.84 Å². The van der Waals surface area contributed by atoms with Gasteiger partial charge in [-0.1, -0.05) is 30.3 Å². The molecule has 19 heavy (non-hydrogen) atoms. The number of hydrazine groups is 1. The van der Waals surface area contributed by atoms with Crippen LogP contribution >= 0.6 is 12.2 Å². The van der Waals surface area contributed by atoms with Crippen molar-refractivity contribution in [3.05, 3.63) is 35.9 Å². The van der Waals surface area contributed by atoms with Crippen LogP contribution in [0.2, 0.25) is 0 Å². The fourth-order valence-electron chi connectivity index (χ4n) is 2.63. The fraction of sp³-hybridized carbons (Fsp3) is 0.500. The standard InChI is InChI=1S/C14H22N4S/c1-11-9-13(16-14(19)17-15)7-8-18(11)10-12-5-3-2-4-6-12/h2-6,11,13H,7-10,15H2,1H3,(H2,16,17,19). The first-order chi connectivity index (χ1) is 9.19. The van der Waals surface area contributed by atoms with Gasteiger partial charge in [0.25, 0.3) is 0 Å². The minimum atomic E-state index is 0.422. The third kappa shape index (κ3) is 4.16. The van der Waals surface area contributed by atoms with E-state index in [1.165, 1.54) is 5.56 Å². The molecule has 2 unspecified atom stereocenters. The van der Waals surface area contributed by atoms with Crippen LogP contribution in [-0.2, 0) is 6.54 Å². The van der Waals surface area contributed by atoms with E-state index in [0.717, 1.165) is 25.9 Å². The number of nitrogens with two attached hydrogens (primary N) is 1. The molecule has 1 fully saturated rings. The largest absolute Gasteiger partial charge is 0.359 e. The average molecular weight is 278 g/mol. The minimum Gasteiger partial charge on any atom is -0.359 e. The highest BCUT2D eigenvalue weighted by Gasteiger charge is 2.25. The van der Waals surface area contributed by atoms with Gasteiger partial charge in [0.15, 0.2) is 5.11 Å². The monoisotopic (exact) mass is 278 g/mol. The van der Waals surface area contributed by atoms with Crippen molar-refractivity contribution in [1.82, 2.24) is 15.6 Å². The number of nitrogens with zero attached hydrogens (tertiary/aromatic N) is 1. The smallest absolute Gasteiger partial charge is 0.180 e. The first-order valence-corrected chi connectivity index (χ1v) is 7.15. The number of hydrogen-bond donors (Lipinski definition) is 3. The van der Waals surface area contributed by atoms with Crippen molar-refractivity contribution >= 4 is 17.3 Å². The zero-order valence-electron chi connectivity index (χ0n) is 11.3. The van der Waals surface area contributed by atoms with E-state index in [-0.39, 0.29) is 0 Å². The van der Waals surface area contributed by atoms with Gasteiger partial charge in [0, 0.05) is 25.2 Å². The van der Waals surface area contributed by atoms with Gasteiger partial charge in [-0.15, -0.1) is 0 Å². The van der Waals surface area contributed by atoms with E-state index in [1.54, 1.807) is 0 Å². The van der Waals surface area contributed by atoms with Crippen LogP contribution in [0.1, 0.15) is 25.3 Å². The Kier molecular flexibility index (Phi) is 5.13. The zero-order valence-corrected chi connectivity index (χ0v) is 12.1. The van der Waals surface area contributed by atoms with Crippen molar-refractivity contribution in [2.45, 2.75) is 38.4 Å². The maximum atomic E-state index is 5.29. The highest BCUT2D eigenvalue weighted by atomic mass is 32.1. The molecule has 0 amide bonds. The van der Waals surface area contributed by atoms with E-state index >= 15 is 0 Å². The van der Waals surface area contributed by atoms with E-state index in [2.05, 4.69) is 52.9 Å². The van der Waals surface area contributed by atoms with Crippen molar-refractivity contribution < 1.29 is 0 Å². The highest BCUT2D eigenvalue weighted by Crippen LogP contribution is 2.19. The molecule has 2 rings (SSSR count). The Morgan fingerprint density at radius 2 is 2.16 bits per heavy atom. The molecule has 0 aliphatic carbocycles. The predicted molar refractivity (Wildman–Crippen MR) is 82.4 cm³/mol. The molecule has 0 spiro atoms. The summed E-state index contributed by atoms with van der Waals surface area (Å²) in [4.78, 5) is 2.52. The lowest BCUT2D eigenvalue weighted by Crippen LogP contribution is -2.51. The molecule has 0 bridgehead atoms. The van der Waals surface area contributed by atoms with Crippen molar-refractivity contribution in [2.24, 2.45) is 5.84 Å². The summed E-state index contributed by atoms with van der Waals surface area (Å²) in [5.41, 5.74) is 3.86. The van der Waals surface area contributed by atoms with E-state index in [9.17, 15) is 0 Å². The summed E-state index contributed by atoms with van der Waals surface area (Å²) < 4.78 is 0. The van der Waals surface area contributed by atoms with Crippen LogP contribution in [-0.4, -0.2) is 28.6 Å². The van der Waals surface area contributed by atoms with E-state index in [4.69, 9.17) is 18.1 Å².